The zero-order valence-electron chi connectivity index (χ0n) is 15.2. The minimum atomic E-state index is -0.760. The zero-order chi connectivity index (χ0) is 19.4. The summed E-state index contributed by atoms with van der Waals surface area (Å²) < 4.78 is 37.6. The Labute approximate surface area is 167 Å². The van der Waals surface area contributed by atoms with Crippen molar-refractivity contribution in [3.8, 4) is 16.9 Å². The van der Waals surface area contributed by atoms with Gasteiger partial charge in [-0.15, -0.1) is 12.4 Å². The molecule has 1 aliphatic heterocycles. The molecule has 1 N–H and O–H groups in total. The number of carbonyl (C=O) groups is 2. The minimum absolute atomic E-state index is 0. The number of hydrogen-bond donors (Lipinski definition) is 1. The first kappa shape index (κ1) is 21.8. The van der Waals surface area contributed by atoms with Crippen molar-refractivity contribution in [1.82, 2.24) is 5.32 Å². The molecule has 0 radical (unpaired) electrons. The van der Waals surface area contributed by atoms with E-state index < -0.39 is 23.6 Å². The van der Waals surface area contributed by atoms with E-state index in [-0.39, 0.29) is 41.9 Å². The number of benzene rings is 2. The summed E-state index contributed by atoms with van der Waals surface area (Å²) in [5, 5.41) is 3.21. The lowest BCUT2D eigenvalue weighted by molar-refractivity contribution is -0.131. The molecule has 1 aliphatic rings. The average Bonchev–Trinajstić information content (AvgIpc) is 3.13. The van der Waals surface area contributed by atoms with Crippen molar-refractivity contribution < 1.29 is 27.8 Å². The van der Waals surface area contributed by atoms with E-state index in [0.29, 0.717) is 5.56 Å². The fourth-order valence-electron chi connectivity index (χ4n) is 2.98. The third-order valence-corrected chi connectivity index (χ3v) is 4.27. The molecule has 1 saturated heterocycles. The topological polar surface area (TPSA) is 64.6 Å². The molecular weight excluding hydrogens is 392 g/mol. The molecule has 1 fully saturated rings. The predicted octanol–water partition coefficient (Wildman–Crippen LogP) is 3.89. The number of nitrogens with one attached hydrogen (secondary N) is 1. The molecule has 5 nitrogen and oxygen atoms in total. The molecule has 0 aliphatic carbocycles. The molecule has 1 unspecified atom stereocenters. The summed E-state index contributed by atoms with van der Waals surface area (Å²) in [6.07, 6.45) is 1.92. The van der Waals surface area contributed by atoms with Crippen molar-refractivity contribution >= 4 is 24.3 Å². The highest BCUT2D eigenvalue weighted by Gasteiger charge is 2.21. The van der Waals surface area contributed by atoms with Gasteiger partial charge in [0.15, 0.2) is 0 Å². The van der Waals surface area contributed by atoms with E-state index in [4.69, 9.17) is 9.47 Å². The first-order valence-corrected chi connectivity index (χ1v) is 8.62. The van der Waals surface area contributed by atoms with Crippen molar-refractivity contribution in [3.63, 3.8) is 0 Å². The minimum Gasteiger partial charge on any atom is -0.460 e. The third-order valence-electron chi connectivity index (χ3n) is 4.27. The van der Waals surface area contributed by atoms with Gasteiger partial charge in [0.1, 0.15) is 29.6 Å². The molecule has 1 heterocycles. The maximum absolute atomic E-state index is 14.1. The van der Waals surface area contributed by atoms with Gasteiger partial charge in [-0.05, 0) is 49.2 Å². The Morgan fingerprint density at radius 1 is 1.18 bits per heavy atom. The second kappa shape index (κ2) is 9.61. The van der Waals surface area contributed by atoms with E-state index in [9.17, 15) is 18.4 Å². The van der Waals surface area contributed by atoms with Crippen LogP contribution in [0.3, 0.4) is 0 Å². The maximum atomic E-state index is 14.1. The Kier molecular flexibility index (Phi) is 7.48. The molecule has 0 aromatic heterocycles. The number of carbonyl (C=O) groups excluding carboxylic acids is 2. The molecule has 0 spiro atoms. The number of rotatable bonds is 5. The highest BCUT2D eigenvalue weighted by Crippen LogP contribution is 2.29. The number of hydrogen-bond acceptors (Lipinski definition) is 5. The van der Waals surface area contributed by atoms with Crippen LogP contribution in [-0.2, 0) is 9.53 Å². The van der Waals surface area contributed by atoms with Crippen molar-refractivity contribution in [1.29, 1.82) is 0 Å². The van der Waals surface area contributed by atoms with Crippen molar-refractivity contribution in [3.05, 3.63) is 53.6 Å². The van der Waals surface area contributed by atoms with E-state index in [1.54, 1.807) is 0 Å². The molecule has 3 rings (SSSR count). The smallest absolute Gasteiger partial charge is 0.342 e. The highest BCUT2D eigenvalue weighted by atomic mass is 35.5. The summed E-state index contributed by atoms with van der Waals surface area (Å²) >= 11 is 0. The Hall–Kier alpha value is -2.51. The van der Waals surface area contributed by atoms with Crippen molar-refractivity contribution in [2.45, 2.75) is 25.8 Å². The van der Waals surface area contributed by atoms with Gasteiger partial charge < -0.3 is 14.8 Å². The first-order chi connectivity index (χ1) is 12.9. The van der Waals surface area contributed by atoms with E-state index in [1.165, 1.54) is 31.2 Å². The fourth-order valence-corrected chi connectivity index (χ4v) is 2.98. The van der Waals surface area contributed by atoms with Gasteiger partial charge in [0.05, 0.1) is 0 Å². The van der Waals surface area contributed by atoms with E-state index in [2.05, 4.69) is 5.32 Å². The normalized spacial score (nSPS) is 15.6. The van der Waals surface area contributed by atoms with Crippen LogP contribution in [-0.4, -0.2) is 31.1 Å². The van der Waals surface area contributed by atoms with Gasteiger partial charge in [-0.1, -0.05) is 6.07 Å². The molecule has 150 valence electrons. The molecule has 0 saturated carbocycles. The largest absolute Gasteiger partial charge is 0.460 e. The lowest BCUT2D eigenvalue weighted by Crippen LogP contribution is -2.28. The molecule has 2 aromatic carbocycles. The average molecular weight is 412 g/mol. The number of halogens is 3. The highest BCUT2D eigenvalue weighted by molar-refractivity contribution is 5.95. The van der Waals surface area contributed by atoms with Gasteiger partial charge in [-0.2, -0.15) is 0 Å². The quantitative estimate of drug-likeness (QED) is 0.597. The molecule has 1 atom stereocenters. The summed E-state index contributed by atoms with van der Waals surface area (Å²) in [7, 11) is 0. The lowest BCUT2D eigenvalue weighted by atomic mass is 10.0. The van der Waals surface area contributed by atoms with Gasteiger partial charge in [-0.3, -0.25) is 4.79 Å². The molecule has 8 heteroatoms. The van der Waals surface area contributed by atoms with Gasteiger partial charge in [0, 0.05) is 24.6 Å². The number of esters is 2. The Morgan fingerprint density at radius 2 is 1.96 bits per heavy atom. The van der Waals surface area contributed by atoms with Crippen LogP contribution in [0.25, 0.3) is 11.1 Å². The monoisotopic (exact) mass is 411 g/mol. The van der Waals surface area contributed by atoms with Crippen LogP contribution in [0.15, 0.2) is 36.4 Å². The SMILES string of the molecule is CC(=O)Oc1ccc(-c2ccc(F)cc2F)cc1C(=O)OCC1CCCN1.Cl. The molecule has 28 heavy (non-hydrogen) atoms. The summed E-state index contributed by atoms with van der Waals surface area (Å²) in [6, 6.07) is 7.51. The van der Waals surface area contributed by atoms with Gasteiger partial charge in [0.25, 0.3) is 0 Å². The summed E-state index contributed by atoms with van der Waals surface area (Å²) in [5.41, 5.74) is 0.469. The Morgan fingerprint density at radius 3 is 2.61 bits per heavy atom. The predicted molar refractivity (Wildman–Crippen MR) is 102 cm³/mol. The standard InChI is InChI=1S/C20H19F2NO4.ClH/c1-12(24)27-19-7-4-13(16-6-5-14(21)10-18(16)22)9-17(19)20(25)26-11-15-3-2-8-23-15;/h4-7,9-10,15,23H,2-3,8,11H2,1H3;1H. The number of ether oxygens (including phenoxy) is 2. The molecule has 0 bridgehead atoms. The van der Waals surface area contributed by atoms with Crippen LogP contribution >= 0.6 is 12.4 Å². The van der Waals surface area contributed by atoms with E-state index in [1.807, 2.05) is 0 Å². The van der Waals surface area contributed by atoms with Crippen LogP contribution in [0, 0.1) is 11.6 Å². The summed E-state index contributed by atoms with van der Waals surface area (Å²) in [6.45, 7) is 2.28. The first-order valence-electron chi connectivity index (χ1n) is 8.62. The van der Waals surface area contributed by atoms with Gasteiger partial charge in [0.2, 0.25) is 0 Å². The van der Waals surface area contributed by atoms with Gasteiger partial charge >= 0.3 is 11.9 Å². The second-order valence-electron chi connectivity index (χ2n) is 6.32. The van der Waals surface area contributed by atoms with E-state index >= 15 is 0 Å². The summed E-state index contributed by atoms with van der Waals surface area (Å²) in [5.74, 6) is -2.70. The molecular formula is C20H20ClF2NO4. The van der Waals surface area contributed by atoms with Gasteiger partial charge in [-0.25, -0.2) is 13.6 Å². The summed E-state index contributed by atoms with van der Waals surface area (Å²) in [4.78, 5) is 23.8. The third kappa shape index (κ3) is 5.27. The van der Waals surface area contributed by atoms with Crippen molar-refractivity contribution in [2.75, 3.05) is 13.2 Å². The molecule has 2 aromatic rings. The maximum Gasteiger partial charge on any atom is 0.342 e. The lowest BCUT2D eigenvalue weighted by Gasteiger charge is -2.14. The van der Waals surface area contributed by atoms with Crippen LogP contribution in [0.5, 0.6) is 5.75 Å². The van der Waals surface area contributed by atoms with Crippen LogP contribution in [0.4, 0.5) is 8.78 Å². The van der Waals surface area contributed by atoms with Crippen LogP contribution in [0.2, 0.25) is 0 Å². The van der Waals surface area contributed by atoms with Crippen LogP contribution < -0.4 is 10.1 Å². The molecule has 0 amide bonds. The Balaban J connectivity index is 0.00000280. The Bertz CT molecular complexity index is 869. The fraction of sp³-hybridized carbons (Fsp3) is 0.300. The zero-order valence-corrected chi connectivity index (χ0v) is 16.0. The van der Waals surface area contributed by atoms with Crippen molar-refractivity contribution in [2.24, 2.45) is 0 Å². The second-order valence-corrected chi connectivity index (χ2v) is 6.32. The van der Waals surface area contributed by atoms with Crippen LogP contribution in [0.1, 0.15) is 30.1 Å². The van der Waals surface area contributed by atoms with E-state index in [0.717, 1.165) is 31.5 Å².